The van der Waals surface area contributed by atoms with Crippen molar-refractivity contribution in [3.8, 4) is 0 Å². The van der Waals surface area contributed by atoms with Crippen molar-refractivity contribution >= 4 is 45.2 Å². The minimum atomic E-state index is -0.205. The first kappa shape index (κ1) is 14.3. The van der Waals surface area contributed by atoms with Gasteiger partial charge in [0.05, 0.1) is 5.69 Å². The van der Waals surface area contributed by atoms with Crippen LogP contribution in [-0.2, 0) is 0 Å². The van der Waals surface area contributed by atoms with Crippen molar-refractivity contribution in [1.82, 2.24) is 4.98 Å². The first-order valence-corrected chi connectivity index (χ1v) is 8.50. The van der Waals surface area contributed by atoms with Gasteiger partial charge in [-0.25, -0.2) is 4.98 Å². The lowest BCUT2D eigenvalue weighted by Crippen LogP contribution is -2.39. The fourth-order valence-corrected chi connectivity index (χ4v) is 3.75. The Morgan fingerprint density at radius 3 is 2.86 bits per heavy atom. The molecule has 1 aliphatic heterocycles. The van der Waals surface area contributed by atoms with Gasteiger partial charge in [0.15, 0.2) is 5.13 Å². The molecular weight excluding hydrogens is 306 g/mol. The molecular formula is C13H17N5OS2. The van der Waals surface area contributed by atoms with Gasteiger partial charge in [-0.05, 0) is 24.3 Å². The van der Waals surface area contributed by atoms with Crippen molar-refractivity contribution < 1.29 is 4.79 Å². The molecule has 8 heteroatoms. The molecule has 1 aliphatic rings. The molecule has 0 bridgehead atoms. The van der Waals surface area contributed by atoms with E-state index in [4.69, 9.17) is 11.5 Å². The molecule has 3 rings (SSSR count). The molecule has 0 aliphatic carbocycles. The number of carbonyl (C=O) groups is 1. The molecule has 0 atom stereocenters. The van der Waals surface area contributed by atoms with E-state index in [1.165, 1.54) is 22.7 Å². The zero-order chi connectivity index (χ0) is 14.8. The standard InChI is InChI=1S/C13H17N5OS2/c14-8-1-4-18(5-2-8)13-17-11(15)10(21-13)12(19)16-9-3-6-20-7-9/h3,6-8H,1-2,4-5,14-15H2,(H,16,19). The molecule has 1 fully saturated rings. The van der Waals surface area contributed by atoms with Crippen LogP contribution >= 0.6 is 22.7 Å². The third kappa shape index (κ3) is 3.17. The summed E-state index contributed by atoms with van der Waals surface area (Å²) >= 11 is 2.87. The van der Waals surface area contributed by atoms with E-state index >= 15 is 0 Å². The number of nitrogens with one attached hydrogen (secondary N) is 1. The number of hydrogen-bond acceptors (Lipinski definition) is 7. The van der Waals surface area contributed by atoms with Crippen molar-refractivity contribution in [3.05, 3.63) is 21.7 Å². The lowest BCUT2D eigenvalue weighted by Gasteiger charge is -2.29. The molecule has 2 aromatic rings. The zero-order valence-corrected chi connectivity index (χ0v) is 13.0. The minimum absolute atomic E-state index is 0.205. The van der Waals surface area contributed by atoms with E-state index in [0.29, 0.717) is 4.88 Å². The molecule has 21 heavy (non-hydrogen) atoms. The Bertz CT molecular complexity index is 617. The Labute approximate surface area is 130 Å². The van der Waals surface area contributed by atoms with E-state index in [9.17, 15) is 4.79 Å². The summed E-state index contributed by atoms with van der Waals surface area (Å²) in [6.07, 6.45) is 1.88. The molecule has 1 amide bonds. The van der Waals surface area contributed by atoms with E-state index in [1.54, 1.807) is 0 Å². The van der Waals surface area contributed by atoms with Crippen LogP contribution in [0.15, 0.2) is 16.8 Å². The third-order valence-electron chi connectivity index (χ3n) is 3.44. The highest BCUT2D eigenvalue weighted by atomic mass is 32.1. The number of nitrogens with two attached hydrogens (primary N) is 2. The molecule has 0 radical (unpaired) electrons. The quantitative estimate of drug-likeness (QED) is 0.802. The second-order valence-electron chi connectivity index (χ2n) is 5.00. The number of nitrogen functional groups attached to an aromatic ring is 1. The second kappa shape index (κ2) is 6.00. The number of nitrogens with zero attached hydrogens (tertiary/aromatic N) is 2. The van der Waals surface area contributed by atoms with Gasteiger partial charge >= 0.3 is 0 Å². The summed E-state index contributed by atoms with van der Waals surface area (Å²) < 4.78 is 0. The van der Waals surface area contributed by atoms with Gasteiger partial charge in [-0.3, -0.25) is 4.79 Å². The second-order valence-corrected chi connectivity index (χ2v) is 6.76. The van der Waals surface area contributed by atoms with Crippen LogP contribution in [0, 0.1) is 0 Å². The number of thiophene rings is 1. The van der Waals surface area contributed by atoms with Gasteiger partial charge in [0.1, 0.15) is 10.7 Å². The number of rotatable bonds is 3. The van der Waals surface area contributed by atoms with Crippen molar-refractivity contribution in [2.75, 3.05) is 29.0 Å². The molecule has 6 nitrogen and oxygen atoms in total. The van der Waals surface area contributed by atoms with E-state index in [-0.39, 0.29) is 17.8 Å². The largest absolute Gasteiger partial charge is 0.382 e. The van der Waals surface area contributed by atoms with Crippen LogP contribution in [0.5, 0.6) is 0 Å². The van der Waals surface area contributed by atoms with Gasteiger partial charge < -0.3 is 21.7 Å². The summed E-state index contributed by atoms with van der Waals surface area (Å²) in [7, 11) is 0. The Morgan fingerprint density at radius 2 is 2.19 bits per heavy atom. The fraction of sp³-hybridized carbons (Fsp3) is 0.385. The smallest absolute Gasteiger partial charge is 0.269 e. The Morgan fingerprint density at radius 1 is 1.43 bits per heavy atom. The van der Waals surface area contributed by atoms with Crippen LogP contribution < -0.4 is 21.7 Å². The van der Waals surface area contributed by atoms with Crippen LogP contribution in [0.25, 0.3) is 0 Å². The summed E-state index contributed by atoms with van der Waals surface area (Å²) in [5.41, 5.74) is 12.6. The third-order valence-corrected chi connectivity index (χ3v) is 5.25. The number of thiazole rings is 1. The number of amides is 1. The van der Waals surface area contributed by atoms with E-state index in [1.807, 2.05) is 16.8 Å². The summed E-state index contributed by atoms with van der Waals surface area (Å²) in [5.74, 6) is 0.0842. The van der Waals surface area contributed by atoms with Gasteiger partial charge in [-0.15, -0.1) is 0 Å². The average molecular weight is 323 g/mol. The first-order chi connectivity index (χ1) is 10.1. The van der Waals surface area contributed by atoms with Gasteiger partial charge in [0, 0.05) is 24.5 Å². The van der Waals surface area contributed by atoms with E-state index < -0.39 is 0 Å². The fourth-order valence-electron chi connectivity index (χ4n) is 2.23. The first-order valence-electron chi connectivity index (χ1n) is 6.74. The molecule has 0 unspecified atom stereocenters. The SMILES string of the molecule is Nc1nc(N2CCC(N)CC2)sc1C(=O)Nc1ccsc1. The summed E-state index contributed by atoms with van der Waals surface area (Å²) in [4.78, 5) is 19.2. The molecule has 1 saturated heterocycles. The average Bonchev–Trinajstić information content (AvgIpc) is 3.09. The normalized spacial score (nSPS) is 16.1. The zero-order valence-electron chi connectivity index (χ0n) is 11.4. The molecule has 0 saturated carbocycles. The van der Waals surface area contributed by atoms with Crippen molar-refractivity contribution in [1.29, 1.82) is 0 Å². The molecule has 0 spiro atoms. The van der Waals surface area contributed by atoms with Crippen LogP contribution in [0.3, 0.4) is 0 Å². The highest BCUT2D eigenvalue weighted by Gasteiger charge is 2.23. The number of piperidine rings is 1. The predicted octanol–water partition coefficient (Wildman–Crippen LogP) is 1.97. The number of aromatic nitrogens is 1. The van der Waals surface area contributed by atoms with Crippen LogP contribution in [0.2, 0.25) is 0 Å². The van der Waals surface area contributed by atoms with Crippen molar-refractivity contribution in [2.45, 2.75) is 18.9 Å². The molecule has 5 N–H and O–H groups in total. The summed E-state index contributed by atoms with van der Waals surface area (Å²) in [5, 5.41) is 7.41. The van der Waals surface area contributed by atoms with Crippen molar-refractivity contribution in [2.24, 2.45) is 5.73 Å². The summed E-state index contributed by atoms with van der Waals surface area (Å²) in [6.45, 7) is 1.72. The Kier molecular flexibility index (Phi) is 4.09. The molecule has 0 aromatic carbocycles. The topological polar surface area (TPSA) is 97.3 Å². The highest BCUT2D eigenvalue weighted by molar-refractivity contribution is 7.18. The maximum atomic E-state index is 12.2. The van der Waals surface area contributed by atoms with Crippen molar-refractivity contribution in [3.63, 3.8) is 0 Å². The lowest BCUT2D eigenvalue weighted by atomic mass is 10.1. The van der Waals surface area contributed by atoms with Crippen LogP contribution in [0.1, 0.15) is 22.5 Å². The molecule has 3 heterocycles. The van der Waals surface area contributed by atoms with Crippen LogP contribution in [-0.4, -0.2) is 30.0 Å². The maximum Gasteiger partial charge on any atom is 0.269 e. The molecule has 112 valence electrons. The van der Waals surface area contributed by atoms with Gasteiger partial charge in [-0.1, -0.05) is 11.3 Å². The Hall–Kier alpha value is -1.64. The van der Waals surface area contributed by atoms with E-state index in [0.717, 1.165) is 36.8 Å². The van der Waals surface area contributed by atoms with Gasteiger partial charge in [0.25, 0.3) is 5.91 Å². The number of anilines is 3. The Balaban J connectivity index is 1.73. The van der Waals surface area contributed by atoms with Gasteiger partial charge in [0.2, 0.25) is 0 Å². The predicted molar refractivity (Wildman–Crippen MR) is 88.2 cm³/mol. The number of hydrogen-bond donors (Lipinski definition) is 3. The summed E-state index contributed by atoms with van der Waals surface area (Å²) in [6, 6.07) is 2.12. The number of carbonyl (C=O) groups excluding carboxylic acids is 1. The van der Waals surface area contributed by atoms with Crippen LogP contribution in [0.4, 0.5) is 16.6 Å². The minimum Gasteiger partial charge on any atom is -0.382 e. The molecule has 2 aromatic heterocycles. The highest BCUT2D eigenvalue weighted by Crippen LogP contribution is 2.30. The monoisotopic (exact) mass is 323 g/mol. The van der Waals surface area contributed by atoms with E-state index in [2.05, 4.69) is 15.2 Å². The lowest BCUT2D eigenvalue weighted by molar-refractivity contribution is 0.103. The maximum absolute atomic E-state index is 12.2. The van der Waals surface area contributed by atoms with Gasteiger partial charge in [-0.2, -0.15) is 11.3 Å².